The normalized spacial score (nSPS) is 12.3. The summed E-state index contributed by atoms with van der Waals surface area (Å²) in [5.41, 5.74) is 1.86. The molecule has 1 aromatic rings. The van der Waals surface area contributed by atoms with Crippen molar-refractivity contribution in [3.63, 3.8) is 0 Å². The molecule has 1 atom stereocenters. The van der Waals surface area contributed by atoms with E-state index < -0.39 is 0 Å². The van der Waals surface area contributed by atoms with Gasteiger partial charge in [0.15, 0.2) is 0 Å². The molecule has 0 aliphatic rings. The maximum Gasteiger partial charge on any atom is 0.228 e. The Labute approximate surface area is 127 Å². The maximum absolute atomic E-state index is 12.2. The molecule has 5 heteroatoms. The Morgan fingerprint density at radius 1 is 1.38 bits per heavy atom. The fourth-order valence-corrected chi connectivity index (χ4v) is 2.03. The van der Waals surface area contributed by atoms with Crippen molar-refractivity contribution in [1.82, 2.24) is 10.2 Å². The second-order valence-corrected chi connectivity index (χ2v) is 5.47. The maximum atomic E-state index is 12.2. The predicted molar refractivity (Wildman–Crippen MR) is 86.7 cm³/mol. The molecule has 0 aliphatic carbocycles. The molecule has 1 amide bonds. The van der Waals surface area contributed by atoms with Gasteiger partial charge >= 0.3 is 0 Å². The van der Waals surface area contributed by atoms with Gasteiger partial charge in [-0.15, -0.1) is 0 Å². The summed E-state index contributed by atoms with van der Waals surface area (Å²) in [7, 11) is 5.64. The first-order valence-corrected chi connectivity index (χ1v) is 7.31. The second kappa shape index (κ2) is 8.64. The average molecular weight is 293 g/mol. The third-order valence-electron chi connectivity index (χ3n) is 3.17. The van der Waals surface area contributed by atoms with Gasteiger partial charge in [-0.1, -0.05) is 19.9 Å². The summed E-state index contributed by atoms with van der Waals surface area (Å²) < 4.78 is 5.32. The van der Waals surface area contributed by atoms with Gasteiger partial charge in [0.2, 0.25) is 5.91 Å². The molecule has 21 heavy (non-hydrogen) atoms. The molecular formula is C16H27N3O2. The Hall–Kier alpha value is -1.59. The number of rotatable bonds is 8. The van der Waals surface area contributed by atoms with Gasteiger partial charge in [-0.2, -0.15) is 0 Å². The number of nitrogens with one attached hydrogen (secondary N) is 2. The smallest absolute Gasteiger partial charge is 0.228 e. The molecule has 118 valence electrons. The minimum absolute atomic E-state index is 0.00347. The molecule has 0 saturated heterocycles. The van der Waals surface area contributed by atoms with E-state index in [1.807, 2.05) is 46.1 Å². The van der Waals surface area contributed by atoms with Crippen LogP contribution in [0.25, 0.3) is 0 Å². The lowest BCUT2D eigenvalue weighted by atomic mass is 10.1. The third-order valence-corrected chi connectivity index (χ3v) is 3.17. The lowest BCUT2D eigenvalue weighted by Crippen LogP contribution is -2.30. The topological polar surface area (TPSA) is 53.6 Å². The Balaban J connectivity index is 2.81. The van der Waals surface area contributed by atoms with Crippen LogP contribution in [-0.4, -0.2) is 45.1 Å². The van der Waals surface area contributed by atoms with Crippen LogP contribution in [0, 0.1) is 5.92 Å². The van der Waals surface area contributed by atoms with Gasteiger partial charge in [-0.25, -0.2) is 0 Å². The molecule has 0 radical (unpaired) electrons. The lowest BCUT2D eigenvalue weighted by molar-refractivity contribution is -0.119. The quantitative estimate of drug-likeness (QED) is 0.769. The Morgan fingerprint density at radius 2 is 2.10 bits per heavy atom. The van der Waals surface area contributed by atoms with E-state index in [0.717, 1.165) is 24.3 Å². The van der Waals surface area contributed by atoms with Crippen molar-refractivity contribution >= 4 is 11.6 Å². The summed E-state index contributed by atoms with van der Waals surface area (Å²) in [5, 5.41) is 6.14. The van der Waals surface area contributed by atoms with Gasteiger partial charge in [0.1, 0.15) is 5.75 Å². The van der Waals surface area contributed by atoms with E-state index in [2.05, 4.69) is 15.5 Å². The van der Waals surface area contributed by atoms with Crippen LogP contribution < -0.4 is 15.4 Å². The number of methoxy groups -OCH3 is 1. The largest absolute Gasteiger partial charge is 0.495 e. The molecule has 1 aromatic carbocycles. The molecule has 1 unspecified atom stereocenters. The minimum atomic E-state index is -0.0906. The molecule has 0 saturated carbocycles. The van der Waals surface area contributed by atoms with Crippen molar-refractivity contribution in [1.29, 1.82) is 0 Å². The van der Waals surface area contributed by atoms with Crippen LogP contribution in [0.1, 0.15) is 19.4 Å². The summed E-state index contributed by atoms with van der Waals surface area (Å²) in [5.74, 6) is 0.588. The highest BCUT2D eigenvalue weighted by Crippen LogP contribution is 2.26. The van der Waals surface area contributed by atoms with Gasteiger partial charge in [-0.05, 0) is 38.3 Å². The Morgan fingerprint density at radius 3 is 2.67 bits per heavy atom. The van der Waals surface area contributed by atoms with Crippen LogP contribution in [0.2, 0.25) is 0 Å². The SMILES string of the molecule is CCNCC(C)C(=O)Nc1cc(CN(C)C)ccc1OC. The van der Waals surface area contributed by atoms with Crippen molar-refractivity contribution in [2.24, 2.45) is 5.92 Å². The molecular weight excluding hydrogens is 266 g/mol. The van der Waals surface area contributed by atoms with Gasteiger partial charge in [0.25, 0.3) is 0 Å². The highest BCUT2D eigenvalue weighted by molar-refractivity contribution is 5.94. The summed E-state index contributed by atoms with van der Waals surface area (Å²) >= 11 is 0. The van der Waals surface area contributed by atoms with E-state index in [9.17, 15) is 4.79 Å². The third kappa shape index (κ3) is 5.73. The van der Waals surface area contributed by atoms with Crippen LogP contribution in [0.4, 0.5) is 5.69 Å². The Bertz CT molecular complexity index is 461. The molecule has 0 heterocycles. The molecule has 0 aliphatic heterocycles. The van der Waals surface area contributed by atoms with Crippen LogP contribution in [0.5, 0.6) is 5.75 Å². The first kappa shape index (κ1) is 17.5. The summed E-state index contributed by atoms with van der Waals surface area (Å²) in [6.45, 7) is 6.29. The molecule has 0 spiro atoms. The number of anilines is 1. The van der Waals surface area contributed by atoms with Gasteiger partial charge < -0.3 is 20.3 Å². The standard InChI is InChI=1S/C16H27N3O2/c1-6-17-10-12(2)16(20)18-14-9-13(11-19(3)4)7-8-15(14)21-5/h7-9,12,17H,6,10-11H2,1-5H3,(H,18,20). The van der Waals surface area contributed by atoms with Crippen LogP contribution in [0.3, 0.4) is 0 Å². The highest BCUT2D eigenvalue weighted by Gasteiger charge is 2.15. The van der Waals surface area contributed by atoms with Crippen LogP contribution in [0.15, 0.2) is 18.2 Å². The predicted octanol–water partition coefficient (Wildman–Crippen LogP) is 1.94. The number of carbonyl (C=O) groups excluding carboxylic acids is 1. The van der Waals surface area contributed by atoms with Crippen molar-refractivity contribution in [2.75, 3.05) is 39.6 Å². The van der Waals surface area contributed by atoms with E-state index in [1.165, 1.54) is 0 Å². The number of ether oxygens (including phenoxy) is 1. The second-order valence-electron chi connectivity index (χ2n) is 5.47. The van der Waals surface area contributed by atoms with Crippen LogP contribution >= 0.6 is 0 Å². The summed E-state index contributed by atoms with van der Waals surface area (Å²) in [4.78, 5) is 14.3. The van der Waals surface area contributed by atoms with Crippen molar-refractivity contribution < 1.29 is 9.53 Å². The zero-order chi connectivity index (χ0) is 15.8. The van der Waals surface area contributed by atoms with Crippen molar-refractivity contribution in [3.8, 4) is 5.75 Å². The van der Waals surface area contributed by atoms with Crippen LogP contribution in [-0.2, 0) is 11.3 Å². The molecule has 0 fully saturated rings. The zero-order valence-electron chi connectivity index (χ0n) is 13.7. The number of carbonyl (C=O) groups is 1. The minimum Gasteiger partial charge on any atom is -0.495 e. The number of benzene rings is 1. The van der Waals surface area contributed by atoms with Crippen molar-refractivity contribution in [3.05, 3.63) is 23.8 Å². The van der Waals surface area contributed by atoms with E-state index >= 15 is 0 Å². The fourth-order valence-electron chi connectivity index (χ4n) is 2.03. The van der Waals surface area contributed by atoms with E-state index in [-0.39, 0.29) is 11.8 Å². The molecule has 0 aromatic heterocycles. The summed E-state index contributed by atoms with van der Waals surface area (Å²) in [6.07, 6.45) is 0. The zero-order valence-corrected chi connectivity index (χ0v) is 13.7. The van der Waals surface area contributed by atoms with E-state index in [0.29, 0.717) is 12.3 Å². The molecule has 1 rings (SSSR count). The fraction of sp³-hybridized carbons (Fsp3) is 0.562. The summed E-state index contributed by atoms with van der Waals surface area (Å²) in [6, 6.07) is 5.87. The monoisotopic (exact) mass is 293 g/mol. The highest BCUT2D eigenvalue weighted by atomic mass is 16.5. The number of nitrogens with zero attached hydrogens (tertiary/aromatic N) is 1. The molecule has 5 nitrogen and oxygen atoms in total. The number of amides is 1. The first-order chi connectivity index (χ1) is 9.97. The van der Waals surface area contributed by atoms with Crippen molar-refractivity contribution in [2.45, 2.75) is 20.4 Å². The Kier molecular flexibility index (Phi) is 7.19. The first-order valence-electron chi connectivity index (χ1n) is 7.31. The molecule has 2 N–H and O–H groups in total. The number of hydrogen-bond acceptors (Lipinski definition) is 4. The van der Waals surface area contributed by atoms with E-state index in [4.69, 9.17) is 4.74 Å². The molecule has 0 bridgehead atoms. The van der Waals surface area contributed by atoms with Gasteiger partial charge in [0.05, 0.1) is 12.8 Å². The van der Waals surface area contributed by atoms with E-state index in [1.54, 1.807) is 7.11 Å². The lowest BCUT2D eigenvalue weighted by Gasteiger charge is -2.17. The number of hydrogen-bond donors (Lipinski definition) is 2. The average Bonchev–Trinajstić information content (AvgIpc) is 2.44. The van der Waals surface area contributed by atoms with Gasteiger partial charge in [0, 0.05) is 19.0 Å². The van der Waals surface area contributed by atoms with Gasteiger partial charge in [-0.3, -0.25) is 4.79 Å².